The monoisotopic (exact) mass is 273 g/mol. The minimum atomic E-state index is -0.126. The number of carbonyl (C=O) groups excluding carboxylic acids is 1. The summed E-state index contributed by atoms with van der Waals surface area (Å²) in [6, 6.07) is 0. The highest BCUT2D eigenvalue weighted by atomic mass is 79.9. The Morgan fingerprint density at radius 3 is 2.53 bits per heavy atom. The van der Waals surface area contributed by atoms with Crippen molar-refractivity contribution in [2.75, 3.05) is 19.1 Å². The van der Waals surface area contributed by atoms with Gasteiger partial charge in [-0.25, -0.2) is 4.98 Å². The van der Waals surface area contributed by atoms with Gasteiger partial charge in [0.2, 0.25) is 17.7 Å². The molecule has 6 heteroatoms. The number of methoxy groups -OCH3 is 1. The van der Waals surface area contributed by atoms with E-state index in [2.05, 4.69) is 25.9 Å². The molecule has 1 aromatic rings. The SMILES string of the molecule is COc1nc(N(C)C(C)=O)nc(C)c1Br. The first-order chi connectivity index (χ1) is 6.97. The van der Waals surface area contributed by atoms with Gasteiger partial charge in [-0.05, 0) is 22.9 Å². The number of halogens is 1. The van der Waals surface area contributed by atoms with Crippen LogP contribution in [0.1, 0.15) is 12.6 Å². The quantitative estimate of drug-likeness (QED) is 0.820. The molecule has 0 radical (unpaired) electrons. The Hall–Kier alpha value is -1.17. The van der Waals surface area contributed by atoms with Gasteiger partial charge in [0.05, 0.1) is 12.8 Å². The number of carbonyl (C=O) groups is 1. The average molecular weight is 274 g/mol. The lowest BCUT2D eigenvalue weighted by Crippen LogP contribution is -2.25. The van der Waals surface area contributed by atoms with Crippen molar-refractivity contribution in [1.29, 1.82) is 0 Å². The summed E-state index contributed by atoms with van der Waals surface area (Å²) in [5, 5.41) is 0. The fourth-order valence-corrected chi connectivity index (χ4v) is 1.28. The van der Waals surface area contributed by atoms with Crippen LogP contribution in [0.2, 0.25) is 0 Å². The molecule has 0 fully saturated rings. The molecular formula is C9H12BrN3O2. The molecule has 0 spiro atoms. The summed E-state index contributed by atoms with van der Waals surface area (Å²) in [6.07, 6.45) is 0. The number of hydrogen-bond acceptors (Lipinski definition) is 4. The Morgan fingerprint density at radius 2 is 2.07 bits per heavy atom. The van der Waals surface area contributed by atoms with E-state index in [0.717, 1.165) is 5.69 Å². The zero-order valence-corrected chi connectivity index (χ0v) is 10.6. The standard InChI is InChI=1S/C9H12BrN3O2/c1-5-7(10)8(15-4)12-9(11-5)13(3)6(2)14/h1-4H3. The maximum Gasteiger partial charge on any atom is 0.235 e. The van der Waals surface area contributed by atoms with Gasteiger partial charge in [-0.2, -0.15) is 4.98 Å². The molecule has 0 N–H and O–H groups in total. The van der Waals surface area contributed by atoms with E-state index in [-0.39, 0.29) is 5.91 Å². The summed E-state index contributed by atoms with van der Waals surface area (Å²) >= 11 is 3.31. The third-order valence-electron chi connectivity index (χ3n) is 1.94. The first kappa shape index (κ1) is 11.9. The van der Waals surface area contributed by atoms with Crippen LogP contribution in [0.3, 0.4) is 0 Å². The van der Waals surface area contributed by atoms with Crippen molar-refractivity contribution >= 4 is 27.8 Å². The topological polar surface area (TPSA) is 55.3 Å². The molecule has 82 valence electrons. The Balaban J connectivity index is 3.22. The van der Waals surface area contributed by atoms with Gasteiger partial charge >= 0.3 is 0 Å². The Kier molecular flexibility index (Phi) is 3.62. The van der Waals surface area contributed by atoms with Crippen molar-refractivity contribution < 1.29 is 9.53 Å². The lowest BCUT2D eigenvalue weighted by atomic mass is 10.4. The smallest absolute Gasteiger partial charge is 0.235 e. The second kappa shape index (κ2) is 4.57. The molecule has 5 nitrogen and oxygen atoms in total. The van der Waals surface area contributed by atoms with Gasteiger partial charge in [-0.1, -0.05) is 0 Å². The van der Waals surface area contributed by atoms with Crippen LogP contribution in [-0.4, -0.2) is 30.0 Å². The highest BCUT2D eigenvalue weighted by molar-refractivity contribution is 9.10. The van der Waals surface area contributed by atoms with Crippen LogP contribution in [0.4, 0.5) is 5.95 Å². The molecule has 15 heavy (non-hydrogen) atoms. The van der Waals surface area contributed by atoms with Crippen LogP contribution >= 0.6 is 15.9 Å². The summed E-state index contributed by atoms with van der Waals surface area (Å²) in [4.78, 5) is 20.8. The van der Waals surface area contributed by atoms with E-state index in [9.17, 15) is 4.79 Å². The third-order valence-corrected chi connectivity index (χ3v) is 2.85. The van der Waals surface area contributed by atoms with E-state index < -0.39 is 0 Å². The number of rotatable bonds is 2. The average Bonchev–Trinajstić information content (AvgIpc) is 2.20. The number of aromatic nitrogens is 2. The molecule has 1 amide bonds. The zero-order chi connectivity index (χ0) is 11.6. The summed E-state index contributed by atoms with van der Waals surface area (Å²) in [6.45, 7) is 3.26. The van der Waals surface area contributed by atoms with Crippen LogP contribution in [0, 0.1) is 6.92 Å². The molecule has 0 bridgehead atoms. The summed E-state index contributed by atoms with van der Waals surface area (Å²) in [5.41, 5.74) is 0.727. The predicted octanol–water partition coefficient (Wildman–Crippen LogP) is 1.54. The lowest BCUT2D eigenvalue weighted by Gasteiger charge is -2.14. The number of anilines is 1. The van der Waals surface area contributed by atoms with Crippen molar-refractivity contribution in [3.8, 4) is 5.88 Å². The highest BCUT2D eigenvalue weighted by Gasteiger charge is 2.14. The normalized spacial score (nSPS) is 9.93. The van der Waals surface area contributed by atoms with Gasteiger partial charge < -0.3 is 4.74 Å². The molecule has 1 aromatic heterocycles. The molecule has 0 aliphatic heterocycles. The van der Waals surface area contributed by atoms with Crippen LogP contribution in [0.15, 0.2) is 4.47 Å². The van der Waals surface area contributed by atoms with E-state index in [1.54, 1.807) is 7.05 Å². The predicted molar refractivity (Wildman–Crippen MR) is 60.1 cm³/mol. The van der Waals surface area contributed by atoms with E-state index in [1.807, 2.05) is 6.92 Å². The Morgan fingerprint density at radius 1 is 1.47 bits per heavy atom. The molecule has 0 aliphatic rings. The first-order valence-electron chi connectivity index (χ1n) is 4.29. The Labute approximate surface area is 96.6 Å². The number of aryl methyl sites for hydroxylation is 1. The van der Waals surface area contributed by atoms with Crippen LogP contribution in [0.25, 0.3) is 0 Å². The van der Waals surface area contributed by atoms with Crippen molar-refractivity contribution in [3.63, 3.8) is 0 Å². The molecule has 0 aliphatic carbocycles. The second-order valence-electron chi connectivity index (χ2n) is 3.01. The van der Waals surface area contributed by atoms with Gasteiger partial charge in [0, 0.05) is 14.0 Å². The number of nitrogens with zero attached hydrogens (tertiary/aromatic N) is 3. The molecule has 0 atom stereocenters. The van der Waals surface area contributed by atoms with Crippen molar-refractivity contribution in [2.24, 2.45) is 0 Å². The van der Waals surface area contributed by atoms with Gasteiger partial charge in [-0.15, -0.1) is 0 Å². The van der Waals surface area contributed by atoms with Crippen LogP contribution in [-0.2, 0) is 4.79 Å². The van der Waals surface area contributed by atoms with Gasteiger partial charge in [0.15, 0.2) is 0 Å². The van der Waals surface area contributed by atoms with Crippen LogP contribution < -0.4 is 9.64 Å². The minimum absolute atomic E-state index is 0.126. The number of ether oxygens (including phenoxy) is 1. The summed E-state index contributed by atoms with van der Waals surface area (Å²) in [5.74, 6) is 0.629. The van der Waals surface area contributed by atoms with E-state index in [1.165, 1.54) is 18.9 Å². The van der Waals surface area contributed by atoms with Crippen molar-refractivity contribution in [2.45, 2.75) is 13.8 Å². The largest absolute Gasteiger partial charge is 0.480 e. The zero-order valence-electron chi connectivity index (χ0n) is 9.04. The maximum atomic E-state index is 11.1. The third kappa shape index (κ3) is 2.44. The van der Waals surface area contributed by atoms with Gasteiger partial charge in [0.1, 0.15) is 4.47 Å². The number of hydrogen-bond donors (Lipinski definition) is 0. The van der Waals surface area contributed by atoms with Crippen molar-refractivity contribution in [3.05, 3.63) is 10.2 Å². The maximum absolute atomic E-state index is 11.1. The van der Waals surface area contributed by atoms with E-state index in [4.69, 9.17) is 4.74 Å². The summed E-state index contributed by atoms with van der Waals surface area (Å²) < 4.78 is 5.76. The van der Waals surface area contributed by atoms with Crippen LogP contribution in [0.5, 0.6) is 5.88 Å². The first-order valence-corrected chi connectivity index (χ1v) is 5.09. The molecule has 0 saturated carbocycles. The Bertz CT molecular complexity index is 395. The molecular weight excluding hydrogens is 262 g/mol. The highest BCUT2D eigenvalue weighted by Crippen LogP contribution is 2.26. The number of amides is 1. The van der Waals surface area contributed by atoms with Gasteiger partial charge in [-0.3, -0.25) is 9.69 Å². The molecule has 0 saturated heterocycles. The minimum Gasteiger partial charge on any atom is -0.480 e. The van der Waals surface area contributed by atoms with E-state index >= 15 is 0 Å². The molecule has 1 rings (SSSR count). The fraction of sp³-hybridized carbons (Fsp3) is 0.444. The van der Waals surface area contributed by atoms with Gasteiger partial charge in [0.25, 0.3) is 0 Å². The second-order valence-corrected chi connectivity index (χ2v) is 3.80. The molecule has 0 unspecified atom stereocenters. The molecule has 0 aromatic carbocycles. The van der Waals surface area contributed by atoms with E-state index in [0.29, 0.717) is 16.3 Å². The van der Waals surface area contributed by atoms with Crippen molar-refractivity contribution in [1.82, 2.24) is 9.97 Å². The molecule has 1 heterocycles. The summed E-state index contributed by atoms with van der Waals surface area (Å²) in [7, 11) is 3.13. The lowest BCUT2D eigenvalue weighted by molar-refractivity contribution is -0.116. The fourth-order valence-electron chi connectivity index (χ4n) is 0.945.